The first-order valence-electron chi connectivity index (χ1n) is 10.0. The number of carbonyl (C=O) groups is 3. The fraction of sp³-hybridized carbons (Fsp3) is 0.571. The monoisotopic (exact) mass is 421 g/mol. The molecule has 8 nitrogen and oxygen atoms in total. The van der Waals surface area contributed by atoms with E-state index in [-0.39, 0.29) is 30.4 Å². The lowest BCUT2D eigenvalue weighted by atomic mass is 10.1. The number of carboxylic acid groups (broad SMARTS) is 1. The normalized spacial score (nSPS) is 23.4. The summed E-state index contributed by atoms with van der Waals surface area (Å²) in [7, 11) is 0. The Hall–Kier alpha value is -2.68. The maximum atomic E-state index is 13.2. The second-order valence-corrected chi connectivity index (χ2v) is 8.87. The number of hydrogen-bond acceptors (Lipinski definition) is 5. The summed E-state index contributed by atoms with van der Waals surface area (Å²) >= 11 is 0. The molecule has 0 aromatic heterocycles. The van der Waals surface area contributed by atoms with Gasteiger partial charge in [0, 0.05) is 19.1 Å². The number of likely N-dealkylation sites (tertiary alicyclic amines) is 2. The third-order valence-corrected chi connectivity index (χ3v) is 5.49. The van der Waals surface area contributed by atoms with E-state index in [0.717, 1.165) is 5.56 Å². The molecule has 1 aromatic carbocycles. The van der Waals surface area contributed by atoms with Crippen molar-refractivity contribution in [3.8, 4) is 0 Å². The Balaban J connectivity index is 1.64. The van der Waals surface area contributed by atoms with Crippen LogP contribution in [0.2, 0.25) is 0 Å². The number of piperazine rings is 1. The van der Waals surface area contributed by atoms with Crippen LogP contribution in [0.25, 0.3) is 0 Å². The summed E-state index contributed by atoms with van der Waals surface area (Å²) < 4.78 is 18.3. The van der Waals surface area contributed by atoms with Gasteiger partial charge in [-0.1, -0.05) is 12.1 Å². The van der Waals surface area contributed by atoms with Crippen LogP contribution in [0.3, 0.4) is 0 Å². The van der Waals surface area contributed by atoms with E-state index in [1.165, 1.54) is 12.1 Å². The molecule has 0 unspecified atom stereocenters. The lowest BCUT2D eigenvalue weighted by Gasteiger charge is -2.38. The highest BCUT2D eigenvalue weighted by molar-refractivity contribution is 5.86. The zero-order chi connectivity index (χ0) is 22.2. The van der Waals surface area contributed by atoms with Gasteiger partial charge in [-0.15, -0.1) is 0 Å². The molecule has 0 spiro atoms. The van der Waals surface area contributed by atoms with Gasteiger partial charge in [0.2, 0.25) is 5.91 Å². The van der Waals surface area contributed by atoms with Gasteiger partial charge in [0.05, 0.1) is 12.1 Å². The Labute approximate surface area is 175 Å². The van der Waals surface area contributed by atoms with Crippen molar-refractivity contribution in [3.63, 3.8) is 0 Å². The lowest BCUT2D eigenvalue weighted by molar-refractivity contribution is -0.143. The van der Waals surface area contributed by atoms with Crippen LogP contribution in [-0.4, -0.2) is 69.7 Å². The van der Waals surface area contributed by atoms with E-state index in [1.54, 1.807) is 42.7 Å². The second-order valence-electron chi connectivity index (χ2n) is 8.87. The van der Waals surface area contributed by atoms with Gasteiger partial charge in [-0.3, -0.25) is 9.69 Å². The number of ether oxygens (including phenoxy) is 1. The first kappa shape index (κ1) is 22.0. The van der Waals surface area contributed by atoms with Crippen molar-refractivity contribution in [2.75, 3.05) is 13.1 Å². The number of benzene rings is 1. The molecular weight excluding hydrogens is 393 g/mol. The number of aliphatic carboxylic acids is 1. The van der Waals surface area contributed by atoms with Gasteiger partial charge in [0.25, 0.3) is 0 Å². The highest BCUT2D eigenvalue weighted by Crippen LogP contribution is 2.37. The van der Waals surface area contributed by atoms with Gasteiger partial charge >= 0.3 is 12.1 Å². The summed E-state index contributed by atoms with van der Waals surface area (Å²) in [5.74, 6) is -1.60. The quantitative estimate of drug-likeness (QED) is 0.730. The zero-order valence-electron chi connectivity index (χ0n) is 17.6. The summed E-state index contributed by atoms with van der Waals surface area (Å²) in [6.07, 6.45) is -0.208. The highest BCUT2D eigenvalue weighted by atomic mass is 19.1. The predicted octanol–water partition coefficient (Wildman–Crippen LogP) is 2.15. The molecule has 2 heterocycles. The summed E-state index contributed by atoms with van der Waals surface area (Å²) in [4.78, 5) is 40.2. The van der Waals surface area contributed by atoms with Crippen LogP contribution in [0.4, 0.5) is 9.18 Å². The average Bonchev–Trinajstić information content (AvgIpc) is 3.17. The van der Waals surface area contributed by atoms with Crippen molar-refractivity contribution < 1.29 is 28.6 Å². The van der Waals surface area contributed by atoms with Crippen molar-refractivity contribution in [2.24, 2.45) is 0 Å². The maximum absolute atomic E-state index is 13.2. The van der Waals surface area contributed by atoms with Gasteiger partial charge in [-0.25, -0.2) is 14.0 Å². The Morgan fingerprint density at radius 2 is 1.93 bits per heavy atom. The molecule has 9 heteroatoms. The number of fused-ring (bicyclic) bond motifs is 2. The molecule has 0 aliphatic carbocycles. The van der Waals surface area contributed by atoms with Gasteiger partial charge in [0.1, 0.15) is 17.5 Å². The first-order chi connectivity index (χ1) is 14.0. The number of amides is 2. The van der Waals surface area contributed by atoms with E-state index < -0.39 is 29.7 Å². The molecule has 164 valence electrons. The number of nitrogens with one attached hydrogen (secondary N) is 1. The minimum absolute atomic E-state index is 0.0141. The fourth-order valence-electron chi connectivity index (χ4n) is 4.17. The molecule has 30 heavy (non-hydrogen) atoms. The van der Waals surface area contributed by atoms with Gasteiger partial charge < -0.3 is 20.1 Å². The van der Waals surface area contributed by atoms with E-state index in [4.69, 9.17) is 4.74 Å². The van der Waals surface area contributed by atoms with E-state index in [1.807, 2.05) is 6.92 Å². The lowest BCUT2D eigenvalue weighted by Crippen LogP contribution is -2.56. The van der Waals surface area contributed by atoms with Crippen molar-refractivity contribution in [3.05, 3.63) is 35.6 Å². The minimum atomic E-state index is -1.19. The molecule has 2 bridgehead atoms. The highest BCUT2D eigenvalue weighted by Gasteiger charge is 2.51. The van der Waals surface area contributed by atoms with Crippen LogP contribution >= 0.6 is 0 Å². The largest absolute Gasteiger partial charge is 0.480 e. The van der Waals surface area contributed by atoms with E-state index >= 15 is 0 Å². The number of rotatable bonds is 6. The second kappa shape index (κ2) is 8.22. The molecule has 2 aliphatic heterocycles. The summed E-state index contributed by atoms with van der Waals surface area (Å²) in [5.41, 5.74) is 0.103. The Kier molecular flexibility index (Phi) is 6.03. The van der Waals surface area contributed by atoms with Crippen molar-refractivity contribution in [1.82, 2.24) is 15.1 Å². The summed E-state index contributed by atoms with van der Waals surface area (Å²) in [6.45, 7) is 7.51. The number of nitrogens with zero attached hydrogens (tertiary/aromatic N) is 2. The van der Waals surface area contributed by atoms with Crippen LogP contribution < -0.4 is 5.32 Å². The Morgan fingerprint density at radius 1 is 1.30 bits per heavy atom. The molecular formula is C21H28FN3O5. The average molecular weight is 421 g/mol. The van der Waals surface area contributed by atoms with Crippen LogP contribution in [0.1, 0.15) is 45.7 Å². The number of halogens is 1. The molecule has 2 fully saturated rings. The van der Waals surface area contributed by atoms with Gasteiger partial charge in [-0.05, 0) is 51.8 Å². The predicted molar refractivity (Wildman–Crippen MR) is 106 cm³/mol. The third kappa shape index (κ3) is 4.72. The molecule has 2 saturated heterocycles. The maximum Gasteiger partial charge on any atom is 0.408 e. The molecule has 0 radical (unpaired) electrons. The van der Waals surface area contributed by atoms with Crippen LogP contribution in [0.15, 0.2) is 24.3 Å². The third-order valence-electron chi connectivity index (χ3n) is 5.49. The van der Waals surface area contributed by atoms with Gasteiger partial charge in [0.15, 0.2) is 0 Å². The summed E-state index contributed by atoms with van der Waals surface area (Å²) in [5, 5.41) is 11.9. The minimum Gasteiger partial charge on any atom is -0.480 e. The van der Waals surface area contributed by atoms with Crippen molar-refractivity contribution >= 4 is 18.0 Å². The molecule has 2 amide bonds. The van der Waals surface area contributed by atoms with E-state index in [9.17, 15) is 23.9 Å². The number of hydrogen-bond donors (Lipinski definition) is 2. The topological polar surface area (TPSA) is 99.2 Å². The summed E-state index contributed by atoms with van der Waals surface area (Å²) in [6, 6.07) is 4.21. The fourth-order valence-corrected chi connectivity index (χ4v) is 4.17. The van der Waals surface area contributed by atoms with E-state index in [0.29, 0.717) is 13.0 Å². The van der Waals surface area contributed by atoms with Crippen molar-refractivity contribution in [2.45, 2.75) is 63.9 Å². The first-order valence-corrected chi connectivity index (χ1v) is 10.0. The molecule has 1 aromatic rings. The molecule has 2 N–H and O–H groups in total. The molecule has 2 aliphatic rings. The van der Waals surface area contributed by atoms with Crippen LogP contribution in [-0.2, 0) is 14.3 Å². The Bertz CT molecular complexity index is 823. The smallest absolute Gasteiger partial charge is 0.408 e. The van der Waals surface area contributed by atoms with Crippen LogP contribution in [0.5, 0.6) is 0 Å². The Morgan fingerprint density at radius 3 is 2.47 bits per heavy atom. The van der Waals surface area contributed by atoms with Crippen molar-refractivity contribution in [1.29, 1.82) is 0 Å². The standard InChI is InChI=1S/C21H28FN3O5/c1-12(13-5-7-14(22)8-6-13)25-15-9-17(18(25)26)24(10-15)11-16(19(27)28)23-20(29)30-21(2,3)4/h5-8,12,15-17H,9-11H2,1-4H3,(H,23,29)(H,27,28)/t12-,15+,16-,17+/m0/s1. The SMILES string of the molecule is C[C@@H](c1ccc(F)cc1)N1C(=O)[C@H]2C[C@@H]1CN2C[C@H](NC(=O)OC(C)(C)C)C(=O)O. The number of alkyl carbamates (subject to hydrolysis) is 1. The molecule has 0 saturated carbocycles. The number of carboxylic acids is 1. The van der Waals surface area contributed by atoms with Crippen LogP contribution in [0, 0.1) is 5.82 Å². The molecule has 4 atom stereocenters. The number of carbonyl (C=O) groups excluding carboxylic acids is 2. The zero-order valence-corrected chi connectivity index (χ0v) is 17.6. The van der Waals surface area contributed by atoms with Gasteiger partial charge in [-0.2, -0.15) is 0 Å². The molecule has 3 rings (SSSR count). The van der Waals surface area contributed by atoms with E-state index in [2.05, 4.69) is 5.32 Å².